The van der Waals surface area contributed by atoms with E-state index in [4.69, 9.17) is 4.84 Å². The summed E-state index contributed by atoms with van der Waals surface area (Å²) >= 11 is 1.33. The molecule has 1 N–H and O–H groups in total. The summed E-state index contributed by atoms with van der Waals surface area (Å²) in [5.41, 5.74) is 0.949. The Kier molecular flexibility index (Phi) is 5.47. The first-order chi connectivity index (χ1) is 12.4. The first kappa shape index (κ1) is 19.0. The molecule has 0 aromatic heterocycles. The molecule has 0 bridgehead atoms. The van der Waals surface area contributed by atoms with Crippen LogP contribution < -0.4 is 0 Å². The van der Waals surface area contributed by atoms with Gasteiger partial charge in [0.1, 0.15) is 0 Å². The topological polar surface area (TPSA) is 82.0 Å². The molecule has 26 heavy (non-hydrogen) atoms. The zero-order chi connectivity index (χ0) is 18.9. The number of carbonyl (C=O) groups is 1. The van der Waals surface area contributed by atoms with Crippen molar-refractivity contribution in [1.82, 2.24) is 0 Å². The zero-order valence-electron chi connectivity index (χ0n) is 13.7. The maximum absolute atomic E-state index is 13.5. The number of rotatable bonds is 5. The van der Waals surface area contributed by atoms with Crippen molar-refractivity contribution in [3.05, 3.63) is 64.1 Å². The van der Waals surface area contributed by atoms with Crippen molar-refractivity contribution in [1.29, 1.82) is 0 Å². The first-order valence-corrected chi connectivity index (χ1v) is 9.68. The molecule has 0 fully saturated rings. The van der Waals surface area contributed by atoms with Crippen LogP contribution in [0.15, 0.2) is 63.1 Å². The lowest BCUT2D eigenvalue weighted by atomic mass is 10.0. The summed E-state index contributed by atoms with van der Waals surface area (Å²) in [7, 11) is 0. The Labute approximate surface area is 161 Å². The fourth-order valence-electron chi connectivity index (χ4n) is 2.52. The number of hydrogen-bond acceptors (Lipinski definition) is 5. The third kappa shape index (κ3) is 3.55. The Morgan fingerprint density at radius 2 is 1.92 bits per heavy atom. The molecule has 1 heterocycles. The standard InChI is InChI=1S/C18H15BrFNO4S/c1-11-2-8-14(9-3-11)26(24)17-15(21-25-18(17,23)10-20)16(22)12-4-6-13(19)7-5-12/h2-9,17,23H,10H2,1H3/t17?,18?,26-/m0/s1. The second kappa shape index (κ2) is 7.48. The summed E-state index contributed by atoms with van der Waals surface area (Å²) in [4.78, 5) is 17.9. The number of benzene rings is 2. The molecule has 0 spiro atoms. The molecule has 0 saturated heterocycles. The molecule has 3 atom stereocenters. The fourth-order valence-corrected chi connectivity index (χ4v) is 4.25. The predicted molar refractivity (Wildman–Crippen MR) is 99.3 cm³/mol. The molecule has 2 unspecified atom stereocenters. The van der Waals surface area contributed by atoms with E-state index in [1.54, 1.807) is 48.5 Å². The number of aryl methyl sites for hydroxylation is 1. The summed E-state index contributed by atoms with van der Waals surface area (Å²) < 4.78 is 27.2. The van der Waals surface area contributed by atoms with Gasteiger partial charge in [-0.05, 0) is 43.3 Å². The first-order valence-electron chi connectivity index (χ1n) is 7.67. The number of alkyl halides is 1. The quantitative estimate of drug-likeness (QED) is 0.572. The number of hydrogen-bond donors (Lipinski definition) is 1. The van der Waals surface area contributed by atoms with Crippen LogP contribution in [0.3, 0.4) is 0 Å². The molecule has 1 aliphatic heterocycles. The number of carbonyl (C=O) groups excluding carboxylic acids is 1. The molecule has 136 valence electrons. The highest BCUT2D eigenvalue weighted by atomic mass is 79.9. The molecule has 0 saturated carbocycles. The van der Waals surface area contributed by atoms with Gasteiger partial charge in [-0.15, -0.1) is 0 Å². The minimum absolute atomic E-state index is 0.268. The Hall–Kier alpha value is -1.74. The van der Waals surface area contributed by atoms with E-state index in [9.17, 15) is 18.8 Å². The summed E-state index contributed by atoms with van der Waals surface area (Å²) in [6, 6.07) is 13.1. The summed E-state index contributed by atoms with van der Waals surface area (Å²) in [6.45, 7) is 0.517. The van der Waals surface area contributed by atoms with E-state index in [-0.39, 0.29) is 11.3 Å². The molecular formula is C18H15BrFNO4S. The van der Waals surface area contributed by atoms with Crippen LogP contribution in [-0.2, 0) is 16.0 Å². The highest BCUT2D eigenvalue weighted by Gasteiger charge is 2.58. The lowest BCUT2D eigenvalue weighted by Gasteiger charge is -2.26. The number of aliphatic hydroxyl groups is 1. The normalized spacial score (nSPS) is 23.3. The maximum atomic E-state index is 13.5. The van der Waals surface area contributed by atoms with E-state index in [1.807, 2.05) is 6.92 Å². The van der Waals surface area contributed by atoms with Crippen LogP contribution in [0.2, 0.25) is 0 Å². The van der Waals surface area contributed by atoms with Gasteiger partial charge in [0.05, 0.1) is 0 Å². The molecule has 3 rings (SSSR count). The zero-order valence-corrected chi connectivity index (χ0v) is 16.1. The Bertz CT molecular complexity index is 843. The van der Waals surface area contributed by atoms with E-state index in [1.165, 1.54) is 0 Å². The number of nitrogens with zero attached hydrogens (tertiary/aromatic N) is 1. The lowest BCUT2D eigenvalue weighted by Crippen LogP contribution is -2.51. The third-order valence-electron chi connectivity index (χ3n) is 3.96. The molecule has 1 aliphatic rings. The van der Waals surface area contributed by atoms with Crippen molar-refractivity contribution in [3.63, 3.8) is 0 Å². The number of ketones is 1. The highest BCUT2D eigenvalue weighted by molar-refractivity contribution is 9.10. The van der Waals surface area contributed by atoms with E-state index in [2.05, 4.69) is 21.1 Å². The van der Waals surface area contributed by atoms with Crippen LogP contribution in [0.5, 0.6) is 0 Å². The van der Waals surface area contributed by atoms with Gasteiger partial charge in [0, 0.05) is 21.2 Å². The van der Waals surface area contributed by atoms with Crippen LogP contribution in [0.25, 0.3) is 0 Å². The van der Waals surface area contributed by atoms with E-state index < -0.39 is 34.7 Å². The second-order valence-electron chi connectivity index (χ2n) is 5.87. The smallest absolute Gasteiger partial charge is 0.317 e. The molecule has 2 aromatic carbocycles. The third-order valence-corrected chi connectivity index (χ3v) is 6.24. The predicted octanol–water partition coefficient (Wildman–Crippen LogP) is 3.16. The van der Waals surface area contributed by atoms with Crippen molar-refractivity contribution in [3.8, 4) is 0 Å². The molecule has 2 aromatic rings. The molecule has 0 amide bonds. The van der Waals surface area contributed by atoms with E-state index in [0.717, 1.165) is 10.0 Å². The highest BCUT2D eigenvalue weighted by Crippen LogP contribution is 2.33. The summed E-state index contributed by atoms with van der Waals surface area (Å²) in [5.74, 6) is -3.02. The van der Waals surface area contributed by atoms with Crippen molar-refractivity contribution in [2.24, 2.45) is 5.16 Å². The van der Waals surface area contributed by atoms with Gasteiger partial charge in [-0.25, -0.2) is 4.39 Å². The van der Waals surface area contributed by atoms with Crippen molar-refractivity contribution in [2.75, 3.05) is 6.67 Å². The van der Waals surface area contributed by atoms with Gasteiger partial charge in [0.15, 0.2) is 17.3 Å². The van der Waals surface area contributed by atoms with E-state index >= 15 is 0 Å². The van der Waals surface area contributed by atoms with Crippen molar-refractivity contribution >= 4 is 38.6 Å². The van der Waals surface area contributed by atoms with Gasteiger partial charge in [0.25, 0.3) is 0 Å². The Balaban J connectivity index is 1.97. The maximum Gasteiger partial charge on any atom is 0.317 e. The average Bonchev–Trinajstić information content (AvgIpc) is 3.00. The monoisotopic (exact) mass is 439 g/mol. The number of halogens is 2. The SMILES string of the molecule is Cc1ccc([S@+]([O-])C2C(C(=O)c3ccc(Br)cc3)=NOC2(O)CF)cc1. The van der Waals surface area contributed by atoms with E-state index in [0.29, 0.717) is 4.90 Å². The minimum atomic E-state index is -2.45. The lowest BCUT2D eigenvalue weighted by molar-refractivity contribution is -0.191. The van der Waals surface area contributed by atoms with Gasteiger partial charge in [-0.1, -0.05) is 38.8 Å². The van der Waals surface area contributed by atoms with Crippen LogP contribution in [0.1, 0.15) is 15.9 Å². The Morgan fingerprint density at radius 3 is 2.50 bits per heavy atom. The molecule has 8 heteroatoms. The minimum Gasteiger partial charge on any atom is -0.611 e. The fraction of sp³-hybridized carbons (Fsp3) is 0.222. The van der Waals surface area contributed by atoms with Crippen LogP contribution in [0, 0.1) is 6.92 Å². The summed E-state index contributed by atoms with van der Waals surface area (Å²) in [6.07, 6.45) is 0. The van der Waals surface area contributed by atoms with Gasteiger partial charge in [0.2, 0.25) is 11.0 Å². The van der Waals surface area contributed by atoms with Crippen LogP contribution in [0.4, 0.5) is 4.39 Å². The van der Waals surface area contributed by atoms with Gasteiger partial charge >= 0.3 is 5.79 Å². The van der Waals surface area contributed by atoms with Gasteiger partial charge < -0.3 is 14.5 Å². The average molecular weight is 440 g/mol. The van der Waals surface area contributed by atoms with Gasteiger partial charge in [-0.3, -0.25) is 4.79 Å². The molecular weight excluding hydrogens is 425 g/mol. The van der Waals surface area contributed by atoms with Crippen LogP contribution >= 0.6 is 15.9 Å². The molecule has 0 radical (unpaired) electrons. The van der Waals surface area contributed by atoms with Crippen LogP contribution in [-0.4, -0.2) is 38.9 Å². The van der Waals surface area contributed by atoms with Crippen molar-refractivity contribution in [2.45, 2.75) is 22.9 Å². The number of Topliss-reactive ketones (excluding diaryl/α,β-unsaturated/α-hetero) is 1. The largest absolute Gasteiger partial charge is 0.611 e. The number of oxime groups is 1. The summed E-state index contributed by atoms with van der Waals surface area (Å²) in [5, 5.41) is 12.5. The van der Waals surface area contributed by atoms with Crippen molar-refractivity contribution < 1.29 is 23.7 Å². The Morgan fingerprint density at radius 1 is 1.31 bits per heavy atom. The second-order valence-corrected chi connectivity index (χ2v) is 8.33. The molecule has 0 aliphatic carbocycles. The van der Waals surface area contributed by atoms with Gasteiger partial charge in [-0.2, -0.15) is 0 Å². The molecule has 5 nitrogen and oxygen atoms in total.